The quantitative estimate of drug-likeness (QED) is 0.515. The van der Waals surface area contributed by atoms with E-state index in [1.54, 1.807) is 11.3 Å². The predicted molar refractivity (Wildman–Crippen MR) is 73.5 cm³/mol. The van der Waals surface area contributed by atoms with Crippen molar-refractivity contribution in [2.45, 2.75) is 20.8 Å². The molecular formula is C15H13FS. The average Bonchev–Trinajstić information content (AvgIpc) is 2.69. The molecule has 2 aromatic carbocycles. The molecule has 3 aromatic rings. The third-order valence-electron chi connectivity index (χ3n) is 3.46. The SMILES string of the molecule is Cc1ccc2c(sc3c(F)c(C)ccc32)c1C. The van der Waals surface area contributed by atoms with Crippen molar-refractivity contribution in [3.63, 3.8) is 0 Å². The van der Waals surface area contributed by atoms with Gasteiger partial charge in [0.2, 0.25) is 0 Å². The van der Waals surface area contributed by atoms with Crippen LogP contribution in [0.4, 0.5) is 4.39 Å². The molecule has 2 heteroatoms. The zero-order valence-corrected chi connectivity index (χ0v) is 10.9. The van der Waals surface area contributed by atoms with Gasteiger partial charge >= 0.3 is 0 Å². The first-order chi connectivity index (χ1) is 8.09. The third-order valence-corrected chi connectivity index (χ3v) is 4.79. The third kappa shape index (κ3) is 1.40. The summed E-state index contributed by atoms with van der Waals surface area (Å²) >= 11 is 1.57. The van der Waals surface area contributed by atoms with Gasteiger partial charge in [0.15, 0.2) is 0 Å². The molecule has 0 unspecified atom stereocenters. The first-order valence-corrected chi connectivity index (χ1v) is 6.49. The molecule has 0 fully saturated rings. The second-order valence-electron chi connectivity index (χ2n) is 4.56. The van der Waals surface area contributed by atoms with Gasteiger partial charge in [-0.25, -0.2) is 4.39 Å². The van der Waals surface area contributed by atoms with Gasteiger partial charge in [0.1, 0.15) is 5.82 Å². The van der Waals surface area contributed by atoms with Crippen molar-refractivity contribution in [1.29, 1.82) is 0 Å². The average molecular weight is 244 g/mol. The topological polar surface area (TPSA) is 0 Å². The van der Waals surface area contributed by atoms with Gasteiger partial charge in [0.05, 0.1) is 4.70 Å². The standard InChI is InChI=1S/C15H13FS/c1-8-4-6-11-12-7-5-9(2)13(16)15(12)17-14(11)10(8)3/h4-7H,1-3H3. The Morgan fingerprint density at radius 2 is 1.41 bits per heavy atom. The fourth-order valence-electron chi connectivity index (χ4n) is 2.20. The number of benzene rings is 2. The Labute approximate surface area is 104 Å². The molecule has 3 rings (SSSR count). The highest BCUT2D eigenvalue weighted by molar-refractivity contribution is 7.26. The molecule has 0 atom stereocenters. The number of fused-ring (bicyclic) bond motifs is 3. The highest BCUT2D eigenvalue weighted by Gasteiger charge is 2.12. The number of hydrogen-bond acceptors (Lipinski definition) is 1. The fourth-order valence-corrected chi connectivity index (χ4v) is 3.55. The maximum Gasteiger partial charge on any atom is 0.143 e. The summed E-state index contributed by atoms with van der Waals surface area (Å²) in [7, 11) is 0. The van der Waals surface area contributed by atoms with Crippen molar-refractivity contribution in [3.8, 4) is 0 Å². The van der Waals surface area contributed by atoms with Crippen molar-refractivity contribution in [1.82, 2.24) is 0 Å². The lowest BCUT2D eigenvalue weighted by atomic mass is 10.0. The zero-order valence-electron chi connectivity index (χ0n) is 10.1. The molecule has 0 N–H and O–H groups in total. The smallest absolute Gasteiger partial charge is 0.143 e. The van der Waals surface area contributed by atoms with Crippen molar-refractivity contribution in [2.24, 2.45) is 0 Å². The molecule has 1 aromatic heterocycles. The molecule has 0 saturated carbocycles. The van der Waals surface area contributed by atoms with E-state index in [0.29, 0.717) is 0 Å². The number of hydrogen-bond donors (Lipinski definition) is 0. The Morgan fingerprint density at radius 1 is 0.824 bits per heavy atom. The Kier molecular flexibility index (Phi) is 2.23. The van der Waals surface area contributed by atoms with Crippen molar-refractivity contribution in [2.75, 3.05) is 0 Å². The lowest BCUT2D eigenvalue weighted by Gasteiger charge is -2.00. The summed E-state index contributed by atoms with van der Waals surface area (Å²) < 4.78 is 16.1. The maximum absolute atomic E-state index is 14.1. The van der Waals surface area contributed by atoms with E-state index in [4.69, 9.17) is 0 Å². The van der Waals surface area contributed by atoms with Gasteiger partial charge in [-0.1, -0.05) is 24.3 Å². The summed E-state index contributed by atoms with van der Waals surface area (Å²) in [6.07, 6.45) is 0. The van der Waals surface area contributed by atoms with E-state index in [9.17, 15) is 4.39 Å². The van der Waals surface area contributed by atoms with Gasteiger partial charge in [-0.3, -0.25) is 0 Å². The number of aryl methyl sites for hydroxylation is 3. The molecular weight excluding hydrogens is 231 g/mol. The number of thiophene rings is 1. The molecule has 0 amide bonds. The highest BCUT2D eigenvalue weighted by Crippen LogP contribution is 2.38. The van der Waals surface area contributed by atoms with E-state index in [0.717, 1.165) is 15.6 Å². The second-order valence-corrected chi connectivity index (χ2v) is 5.58. The van der Waals surface area contributed by atoms with Crippen molar-refractivity contribution in [3.05, 3.63) is 46.8 Å². The van der Waals surface area contributed by atoms with E-state index < -0.39 is 0 Å². The van der Waals surface area contributed by atoms with Crippen LogP contribution in [0.3, 0.4) is 0 Å². The van der Waals surface area contributed by atoms with Gasteiger partial charge in [0, 0.05) is 15.5 Å². The van der Waals surface area contributed by atoms with Crippen LogP contribution >= 0.6 is 11.3 Å². The van der Waals surface area contributed by atoms with Crippen LogP contribution in [0.25, 0.3) is 20.2 Å². The van der Waals surface area contributed by atoms with Gasteiger partial charge in [-0.15, -0.1) is 11.3 Å². The number of rotatable bonds is 0. The minimum Gasteiger partial charge on any atom is -0.205 e. The Hall–Kier alpha value is -1.41. The van der Waals surface area contributed by atoms with Crippen LogP contribution in [-0.2, 0) is 0 Å². The van der Waals surface area contributed by atoms with Crippen LogP contribution in [0.5, 0.6) is 0 Å². The van der Waals surface area contributed by atoms with Crippen molar-refractivity contribution >= 4 is 31.5 Å². The molecule has 1 heterocycles. The molecule has 0 bridgehead atoms. The molecule has 0 aliphatic carbocycles. The van der Waals surface area contributed by atoms with E-state index in [-0.39, 0.29) is 5.82 Å². The minimum atomic E-state index is -0.0687. The first-order valence-electron chi connectivity index (χ1n) is 5.67. The fraction of sp³-hybridized carbons (Fsp3) is 0.200. The molecule has 0 aliphatic heterocycles. The summed E-state index contributed by atoms with van der Waals surface area (Å²) in [5.74, 6) is -0.0687. The molecule has 86 valence electrons. The van der Waals surface area contributed by atoms with Crippen LogP contribution in [0.2, 0.25) is 0 Å². The van der Waals surface area contributed by atoms with Crippen LogP contribution in [0, 0.1) is 26.6 Å². The Bertz CT molecular complexity index is 675. The maximum atomic E-state index is 14.1. The van der Waals surface area contributed by atoms with E-state index in [1.807, 2.05) is 19.1 Å². The summed E-state index contributed by atoms with van der Waals surface area (Å²) in [5, 5.41) is 2.21. The van der Waals surface area contributed by atoms with Crippen molar-refractivity contribution < 1.29 is 4.39 Å². The highest BCUT2D eigenvalue weighted by atomic mass is 32.1. The van der Waals surface area contributed by atoms with Gasteiger partial charge in [-0.2, -0.15) is 0 Å². The van der Waals surface area contributed by atoms with Crippen LogP contribution in [-0.4, -0.2) is 0 Å². The summed E-state index contributed by atoms with van der Waals surface area (Å²) in [6.45, 7) is 6.02. The number of halogens is 1. The largest absolute Gasteiger partial charge is 0.205 e. The monoisotopic (exact) mass is 244 g/mol. The van der Waals surface area contributed by atoms with E-state index in [1.165, 1.54) is 21.2 Å². The first kappa shape index (κ1) is 10.7. The van der Waals surface area contributed by atoms with E-state index >= 15 is 0 Å². The lowest BCUT2D eigenvalue weighted by Crippen LogP contribution is -1.80. The molecule has 0 saturated heterocycles. The zero-order chi connectivity index (χ0) is 12.2. The molecule has 0 nitrogen and oxygen atoms in total. The Balaban J connectivity index is 2.58. The van der Waals surface area contributed by atoms with Gasteiger partial charge in [0.25, 0.3) is 0 Å². The van der Waals surface area contributed by atoms with Crippen LogP contribution in [0.1, 0.15) is 16.7 Å². The second kappa shape index (κ2) is 3.54. The van der Waals surface area contributed by atoms with E-state index in [2.05, 4.69) is 26.0 Å². The lowest BCUT2D eigenvalue weighted by molar-refractivity contribution is 0.632. The molecule has 0 spiro atoms. The van der Waals surface area contributed by atoms with Gasteiger partial charge < -0.3 is 0 Å². The summed E-state index contributed by atoms with van der Waals surface area (Å²) in [4.78, 5) is 0. The summed E-state index contributed by atoms with van der Waals surface area (Å²) in [5.41, 5.74) is 3.25. The molecule has 0 aliphatic rings. The molecule has 17 heavy (non-hydrogen) atoms. The predicted octanol–water partition coefficient (Wildman–Crippen LogP) is 5.12. The normalized spacial score (nSPS) is 11.5. The minimum absolute atomic E-state index is 0.0687. The van der Waals surface area contributed by atoms with Crippen LogP contribution < -0.4 is 0 Å². The summed E-state index contributed by atoms with van der Waals surface area (Å²) in [6, 6.07) is 8.10. The Morgan fingerprint density at radius 3 is 2.12 bits per heavy atom. The van der Waals surface area contributed by atoms with Crippen LogP contribution in [0.15, 0.2) is 24.3 Å². The molecule has 0 radical (unpaired) electrons. The van der Waals surface area contributed by atoms with Gasteiger partial charge in [-0.05, 0) is 37.5 Å².